The Bertz CT molecular complexity index is 1710. The molecule has 0 fully saturated rings. The number of carbonyl (C=O) groups excluding carboxylic acids is 2. The Hall–Kier alpha value is -3.15. The lowest BCUT2D eigenvalue weighted by atomic mass is 10.0. The van der Waals surface area contributed by atoms with E-state index in [0.717, 1.165) is 39.2 Å². The molecule has 0 unspecified atom stereocenters. The lowest BCUT2D eigenvalue weighted by Gasteiger charge is -2.09. The number of aldehydes is 2. The molecule has 5 aromatic rings. The van der Waals surface area contributed by atoms with Gasteiger partial charge in [-0.2, -0.15) is 0 Å². The first-order valence-corrected chi connectivity index (χ1v) is 14.7. The second-order valence-electron chi connectivity index (χ2n) is 8.96. The summed E-state index contributed by atoms with van der Waals surface area (Å²) in [5.41, 5.74) is 4.58. The first kappa shape index (κ1) is 31.8. The predicted octanol–water partition coefficient (Wildman–Crippen LogP) is 7.65. The molecule has 3 aromatic carbocycles. The summed E-state index contributed by atoms with van der Waals surface area (Å²) in [7, 11) is 0. The molecule has 0 amide bonds. The maximum Gasteiger partial charge on any atom is 0.185 e. The van der Waals surface area contributed by atoms with E-state index < -0.39 is 0 Å². The second kappa shape index (κ2) is 14.8. The van der Waals surface area contributed by atoms with Gasteiger partial charge >= 0.3 is 0 Å². The molecule has 0 spiro atoms. The Labute approximate surface area is 260 Å². The van der Waals surface area contributed by atoms with Crippen molar-refractivity contribution in [2.75, 3.05) is 26.4 Å². The summed E-state index contributed by atoms with van der Waals surface area (Å²) in [6.07, 6.45) is 1.46. The summed E-state index contributed by atoms with van der Waals surface area (Å²) in [5.74, 6) is 0.414. The molecule has 0 bridgehead atoms. The van der Waals surface area contributed by atoms with Crippen LogP contribution in [0, 0.1) is 5.82 Å². The number of imidazole rings is 2. The third-order valence-electron chi connectivity index (χ3n) is 6.38. The fourth-order valence-electron chi connectivity index (χ4n) is 4.40. The standard InChI is InChI=1S/C18H16ClFN2O2.C12H12BrClN2O2/c1-2-24-8-7-22-17-9-14(12-3-5-13(20)6-4-12)15(19)10-16(17)21-18(22)11-23;1-2-18-4-3-16-11-5-8(13)9(14)6-10(11)15-12(16)7-17/h3-6,9-11H,2,7-8H2,1H3;5-7H,2-4H2,1H3. The largest absolute Gasteiger partial charge is 0.380 e. The van der Waals surface area contributed by atoms with E-state index in [1.165, 1.54) is 12.1 Å². The molecule has 0 aliphatic rings. The Morgan fingerprint density at radius 1 is 0.810 bits per heavy atom. The highest BCUT2D eigenvalue weighted by atomic mass is 79.9. The van der Waals surface area contributed by atoms with Crippen LogP contribution in [-0.2, 0) is 22.6 Å². The first-order chi connectivity index (χ1) is 20.3. The third kappa shape index (κ3) is 7.25. The molecule has 42 heavy (non-hydrogen) atoms. The molecule has 0 saturated carbocycles. The van der Waals surface area contributed by atoms with Crippen LogP contribution < -0.4 is 0 Å². The van der Waals surface area contributed by atoms with Crippen molar-refractivity contribution >= 4 is 73.8 Å². The minimum Gasteiger partial charge on any atom is -0.380 e. The number of aromatic nitrogens is 4. The highest BCUT2D eigenvalue weighted by molar-refractivity contribution is 9.10. The zero-order valence-electron chi connectivity index (χ0n) is 22.9. The monoisotopic (exact) mass is 676 g/mol. The zero-order valence-corrected chi connectivity index (χ0v) is 26.0. The molecule has 0 N–H and O–H groups in total. The van der Waals surface area contributed by atoms with Crippen LogP contribution >= 0.6 is 39.1 Å². The molecule has 0 radical (unpaired) electrons. The van der Waals surface area contributed by atoms with E-state index in [9.17, 15) is 14.0 Å². The highest BCUT2D eigenvalue weighted by Crippen LogP contribution is 2.33. The molecular weight excluding hydrogens is 650 g/mol. The van der Waals surface area contributed by atoms with Crippen molar-refractivity contribution < 1.29 is 23.5 Å². The minimum atomic E-state index is -0.305. The quantitative estimate of drug-likeness (QED) is 0.105. The topological polar surface area (TPSA) is 88.2 Å². The van der Waals surface area contributed by atoms with Crippen molar-refractivity contribution in [3.05, 3.63) is 80.5 Å². The molecule has 2 aromatic heterocycles. The molecule has 0 atom stereocenters. The summed E-state index contributed by atoms with van der Waals surface area (Å²) in [5, 5.41) is 1.08. The Kier molecular flexibility index (Phi) is 11.2. The van der Waals surface area contributed by atoms with E-state index in [1.54, 1.807) is 28.8 Å². The molecule has 2 heterocycles. The fraction of sp³-hybridized carbons (Fsp3) is 0.267. The van der Waals surface area contributed by atoms with Crippen molar-refractivity contribution in [2.24, 2.45) is 0 Å². The second-order valence-corrected chi connectivity index (χ2v) is 10.6. The molecular formula is C30H28BrCl2FN4O4. The maximum absolute atomic E-state index is 13.1. The van der Waals surface area contributed by atoms with Crippen molar-refractivity contribution in [1.29, 1.82) is 0 Å². The van der Waals surface area contributed by atoms with Gasteiger partial charge in [0.15, 0.2) is 24.2 Å². The van der Waals surface area contributed by atoms with Crippen LogP contribution in [0.25, 0.3) is 33.2 Å². The lowest BCUT2D eigenvalue weighted by Crippen LogP contribution is -2.09. The molecule has 12 heteroatoms. The summed E-state index contributed by atoms with van der Waals surface area (Å²) in [4.78, 5) is 30.9. The summed E-state index contributed by atoms with van der Waals surface area (Å²) >= 11 is 15.7. The van der Waals surface area contributed by atoms with Gasteiger partial charge in [-0.1, -0.05) is 35.3 Å². The van der Waals surface area contributed by atoms with E-state index in [4.69, 9.17) is 32.7 Å². The smallest absolute Gasteiger partial charge is 0.185 e. The van der Waals surface area contributed by atoms with Crippen LogP contribution in [0.15, 0.2) is 53.0 Å². The Morgan fingerprint density at radius 3 is 1.81 bits per heavy atom. The average molecular weight is 678 g/mol. The number of rotatable bonds is 11. The van der Waals surface area contributed by atoms with Gasteiger partial charge in [0.25, 0.3) is 0 Å². The first-order valence-electron chi connectivity index (χ1n) is 13.2. The van der Waals surface area contributed by atoms with E-state index in [2.05, 4.69) is 25.9 Å². The Balaban J connectivity index is 0.000000201. The van der Waals surface area contributed by atoms with Gasteiger partial charge in [-0.3, -0.25) is 9.59 Å². The normalized spacial score (nSPS) is 11.1. The van der Waals surface area contributed by atoms with Gasteiger partial charge < -0.3 is 18.6 Å². The Morgan fingerprint density at radius 2 is 1.31 bits per heavy atom. The van der Waals surface area contributed by atoms with Crippen LogP contribution in [0.4, 0.5) is 4.39 Å². The van der Waals surface area contributed by atoms with Gasteiger partial charge in [-0.15, -0.1) is 0 Å². The number of halogens is 4. The van der Waals surface area contributed by atoms with E-state index in [0.29, 0.717) is 72.2 Å². The number of hydrogen-bond acceptors (Lipinski definition) is 6. The zero-order chi connectivity index (χ0) is 30.2. The van der Waals surface area contributed by atoms with Gasteiger partial charge in [0.2, 0.25) is 0 Å². The molecule has 0 aliphatic heterocycles. The van der Waals surface area contributed by atoms with Crippen molar-refractivity contribution in [3.8, 4) is 11.1 Å². The number of fused-ring (bicyclic) bond motifs is 2. The minimum absolute atomic E-state index is 0.305. The van der Waals surface area contributed by atoms with Crippen molar-refractivity contribution in [3.63, 3.8) is 0 Å². The summed E-state index contributed by atoms with van der Waals surface area (Å²) < 4.78 is 28.2. The molecule has 220 valence electrons. The number of nitrogens with zero attached hydrogens (tertiary/aromatic N) is 4. The van der Waals surface area contributed by atoms with Crippen LogP contribution in [-0.4, -0.2) is 58.1 Å². The van der Waals surface area contributed by atoms with Gasteiger partial charge in [0.05, 0.1) is 45.3 Å². The lowest BCUT2D eigenvalue weighted by molar-refractivity contribution is 0.109. The number of hydrogen-bond donors (Lipinski definition) is 0. The van der Waals surface area contributed by atoms with Crippen LogP contribution in [0.5, 0.6) is 0 Å². The van der Waals surface area contributed by atoms with Gasteiger partial charge in [0, 0.05) is 36.3 Å². The van der Waals surface area contributed by atoms with Gasteiger partial charge in [0.1, 0.15) is 5.82 Å². The molecule has 0 saturated heterocycles. The average Bonchev–Trinajstić information content (AvgIpc) is 3.50. The number of ether oxygens (including phenoxy) is 2. The molecule has 5 rings (SSSR count). The highest BCUT2D eigenvalue weighted by Gasteiger charge is 2.15. The van der Waals surface area contributed by atoms with E-state index in [1.807, 2.05) is 30.5 Å². The molecule has 0 aliphatic carbocycles. The summed E-state index contributed by atoms with van der Waals surface area (Å²) in [6, 6.07) is 13.3. The van der Waals surface area contributed by atoms with Crippen LogP contribution in [0.1, 0.15) is 35.1 Å². The molecule has 8 nitrogen and oxygen atoms in total. The van der Waals surface area contributed by atoms with Crippen molar-refractivity contribution in [1.82, 2.24) is 19.1 Å². The number of benzene rings is 3. The summed E-state index contributed by atoms with van der Waals surface area (Å²) in [6.45, 7) is 7.24. The van der Waals surface area contributed by atoms with Gasteiger partial charge in [-0.25, -0.2) is 14.4 Å². The van der Waals surface area contributed by atoms with Crippen LogP contribution in [0.2, 0.25) is 10.0 Å². The maximum atomic E-state index is 13.1. The van der Waals surface area contributed by atoms with E-state index in [-0.39, 0.29) is 5.82 Å². The van der Waals surface area contributed by atoms with E-state index >= 15 is 0 Å². The third-order valence-corrected chi connectivity index (χ3v) is 7.89. The SMILES string of the molecule is CCOCCn1c(C=O)nc2cc(Cl)c(-c3ccc(F)cc3)cc21.CCOCCn1c(C=O)nc2cc(Cl)c(Br)cc21. The van der Waals surface area contributed by atoms with Crippen molar-refractivity contribution in [2.45, 2.75) is 26.9 Å². The van der Waals surface area contributed by atoms with Crippen LogP contribution in [0.3, 0.4) is 0 Å². The number of carbonyl (C=O) groups is 2. The predicted molar refractivity (Wildman–Crippen MR) is 166 cm³/mol. The van der Waals surface area contributed by atoms with Gasteiger partial charge in [-0.05, 0) is 71.7 Å². The fourth-order valence-corrected chi connectivity index (χ4v) is 5.16.